The fraction of sp³-hybridized carbons (Fsp3) is 0.269. The van der Waals surface area contributed by atoms with Gasteiger partial charge in [0.1, 0.15) is 5.75 Å². The number of nitrogens with zero attached hydrogens (tertiary/aromatic N) is 4. The van der Waals surface area contributed by atoms with Crippen molar-refractivity contribution in [2.75, 3.05) is 29.5 Å². The number of hydrogen-bond donors (Lipinski definition) is 0. The van der Waals surface area contributed by atoms with Crippen LogP contribution >= 0.6 is 11.3 Å². The number of benzene rings is 2. The molecule has 0 N–H and O–H groups in total. The Kier molecular flexibility index (Phi) is 7.19. The maximum absolute atomic E-state index is 13.7. The number of thiazole rings is 1. The first-order chi connectivity index (χ1) is 16.1. The van der Waals surface area contributed by atoms with E-state index in [2.05, 4.69) is 23.7 Å². The highest BCUT2D eigenvalue weighted by Crippen LogP contribution is 2.33. The second-order valence-electron chi connectivity index (χ2n) is 7.53. The Morgan fingerprint density at radius 2 is 1.82 bits per heavy atom. The van der Waals surface area contributed by atoms with Crippen LogP contribution in [0.1, 0.15) is 36.7 Å². The third-order valence-corrected chi connectivity index (χ3v) is 6.48. The molecule has 2 aromatic heterocycles. The van der Waals surface area contributed by atoms with E-state index in [0.717, 1.165) is 40.3 Å². The van der Waals surface area contributed by atoms with Crippen LogP contribution in [0.4, 0.5) is 10.8 Å². The van der Waals surface area contributed by atoms with E-state index in [-0.39, 0.29) is 5.91 Å². The number of amides is 1. The summed E-state index contributed by atoms with van der Waals surface area (Å²) in [6.07, 6.45) is 3.51. The molecule has 0 bridgehead atoms. The third-order valence-electron chi connectivity index (χ3n) is 5.44. The average Bonchev–Trinajstić information content (AvgIpc) is 3.27. The molecule has 0 atom stereocenters. The second-order valence-corrected chi connectivity index (χ2v) is 8.54. The lowest BCUT2D eigenvalue weighted by atomic mass is 10.1. The summed E-state index contributed by atoms with van der Waals surface area (Å²) in [4.78, 5) is 26.6. The molecule has 0 radical (unpaired) electrons. The van der Waals surface area contributed by atoms with Gasteiger partial charge in [-0.2, -0.15) is 0 Å². The van der Waals surface area contributed by atoms with Crippen molar-refractivity contribution in [1.29, 1.82) is 0 Å². The lowest BCUT2D eigenvalue weighted by molar-refractivity contribution is 0.0985. The zero-order chi connectivity index (χ0) is 23.2. The maximum atomic E-state index is 13.7. The number of aromatic nitrogens is 2. The normalized spacial score (nSPS) is 10.9. The number of ether oxygens (including phenoxy) is 1. The molecule has 0 aliphatic carbocycles. The predicted octanol–water partition coefficient (Wildman–Crippen LogP) is 5.78. The van der Waals surface area contributed by atoms with Crippen molar-refractivity contribution in [3.05, 3.63) is 78.1 Å². The van der Waals surface area contributed by atoms with Crippen LogP contribution in [0.25, 0.3) is 10.2 Å². The average molecular weight is 461 g/mol. The Hall–Kier alpha value is -3.45. The number of carbonyl (C=O) groups excluding carboxylic acids is 1. The molecular formula is C26H28N4O2S. The van der Waals surface area contributed by atoms with E-state index < -0.39 is 0 Å². The van der Waals surface area contributed by atoms with Crippen LogP contribution in [0.5, 0.6) is 5.75 Å². The molecular weight excluding hydrogens is 432 g/mol. The fourth-order valence-corrected chi connectivity index (χ4v) is 4.72. The summed E-state index contributed by atoms with van der Waals surface area (Å²) in [6.45, 7) is 9.06. The Morgan fingerprint density at radius 3 is 2.48 bits per heavy atom. The molecule has 2 heterocycles. The first-order valence-corrected chi connectivity index (χ1v) is 12.0. The molecule has 7 heteroatoms. The Bertz CT molecular complexity index is 1200. The zero-order valence-electron chi connectivity index (χ0n) is 19.2. The number of carbonyl (C=O) groups is 1. The molecule has 1 amide bonds. The van der Waals surface area contributed by atoms with E-state index in [1.165, 1.54) is 11.3 Å². The van der Waals surface area contributed by atoms with Crippen LogP contribution in [-0.4, -0.2) is 35.6 Å². The minimum absolute atomic E-state index is 0.0889. The largest absolute Gasteiger partial charge is 0.494 e. The van der Waals surface area contributed by atoms with Gasteiger partial charge >= 0.3 is 0 Å². The van der Waals surface area contributed by atoms with Gasteiger partial charge in [-0.15, -0.1) is 0 Å². The summed E-state index contributed by atoms with van der Waals surface area (Å²) in [5, 5.41) is 0.653. The van der Waals surface area contributed by atoms with E-state index >= 15 is 0 Å². The van der Waals surface area contributed by atoms with Crippen LogP contribution in [0.15, 0.2) is 67.0 Å². The van der Waals surface area contributed by atoms with E-state index in [1.54, 1.807) is 17.3 Å². The Balaban J connectivity index is 1.69. The maximum Gasteiger partial charge on any atom is 0.260 e. The summed E-state index contributed by atoms with van der Waals surface area (Å²) in [7, 11) is 0. The number of fused-ring (bicyclic) bond motifs is 1. The van der Waals surface area contributed by atoms with Gasteiger partial charge in [0.25, 0.3) is 5.91 Å². The minimum Gasteiger partial charge on any atom is -0.494 e. The second kappa shape index (κ2) is 10.4. The molecule has 0 fully saturated rings. The molecule has 170 valence electrons. The van der Waals surface area contributed by atoms with Crippen LogP contribution in [0, 0.1) is 0 Å². The first kappa shape index (κ1) is 22.7. The van der Waals surface area contributed by atoms with Crippen LogP contribution in [0.3, 0.4) is 0 Å². The highest BCUT2D eigenvalue weighted by molar-refractivity contribution is 7.22. The first-order valence-electron chi connectivity index (χ1n) is 11.2. The van der Waals surface area contributed by atoms with Gasteiger partial charge in [-0.05, 0) is 74.9 Å². The Morgan fingerprint density at radius 1 is 1.03 bits per heavy atom. The minimum atomic E-state index is -0.0889. The standard InChI is InChI=1S/C26H28N4O2S/c1-4-29(5-2)21-11-9-20(10-12-21)25(31)30(18-19-8-7-15-27-17-19)26-28-23-14-13-22(32-6-3)16-24(23)33-26/h7-17H,4-6,18H2,1-3H3. The van der Waals surface area contributed by atoms with Gasteiger partial charge in [-0.1, -0.05) is 17.4 Å². The van der Waals surface area contributed by atoms with Crippen molar-refractivity contribution in [3.8, 4) is 5.75 Å². The summed E-state index contributed by atoms with van der Waals surface area (Å²) in [6, 6.07) is 17.5. The lowest BCUT2D eigenvalue weighted by Gasteiger charge is -2.22. The quantitative estimate of drug-likeness (QED) is 0.317. The molecule has 0 aliphatic rings. The van der Waals surface area contributed by atoms with Gasteiger partial charge in [0.2, 0.25) is 0 Å². The highest BCUT2D eigenvalue weighted by Gasteiger charge is 2.22. The number of rotatable bonds is 9. The summed E-state index contributed by atoms with van der Waals surface area (Å²) in [5.74, 6) is 0.714. The van der Waals surface area contributed by atoms with Crippen molar-refractivity contribution in [2.45, 2.75) is 27.3 Å². The number of anilines is 2. The molecule has 0 saturated heterocycles. The Labute approximate surface area is 198 Å². The molecule has 2 aromatic carbocycles. The van der Waals surface area contributed by atoms with E-state index in [9.17, 15) is 4.79 Å². The van der Waals surface area contributed by atoms with Crippen molar-refractivity contribution < 1.29 is 9.53 Å². The van der Waals surface area contributed by atoms with Gasteiger partial charge in [-0.25, -0.2) is 4.98 Å². The van der Waals surface area contributed by atoms with Crippen molar-refractivity contribution in [2.24, 2.45) is 0 Å². The zero-order valence-corrected chi connectivity index (χ0v) is 20.0. The van der Waals surface area contributed by atoms with E-state index in [4.69, 9.17) is 9.72 Å². The van der Waals surface area contributed by atoms with E-state index in [0.29, 0.717) is 23.8 Å². The van der Waals surface area contributed by atoms with E-state index in [1.807, 2.05) is 61.5 Å². The number of hydrogen-bond acceptors (Lipinski definition) is 6. The predicted molar refractivity (Wildman–Crippen MR) is 136 cm³/mol. The smallest absolute Gasteiger partial charge is 0.260 e. The topological polar surface area (TPSA) is 58.6 Å². The fourth-order valence-electron chi connectivity index (χ4n) is 3.72. The number of pyridine rings is 1. The van der Waals surface area contributed by atoms with Crippen LogP contribution in [0.2, 0.25) is 0 Å². The van der Waals surface area contributed by atoms with Gasteiger partial charge in [0, 0.05) is 36.7 Å². The van der Waals surface area contributed by atoms with Crippen molar-refractivity contribution >= 4 is 38.3 Å². The van der Waals surface area contributed by atoms with Crippen molar-refractivity contribution in [3.63, 3.8) is 0 Å². The summed E-state index contributed by atoms with van der Waals surface area (Å²) < 4.78 is 6.61. The monoisotopic (exact) mass is 460 g/mol. The molecule has 6 nitrogen and oxygen atoms in total. The third kappa shape index (κ3) is 5.14. The molecule has 0 unspecified atom stereocenters. The molecule has 33 heavy (non-hydrogen) atoms. The van der Waals surface area contributed by atoms with Crippen molar-refractivity contribution in [1.82, 2.24) is 9.97 Å². The van der Waals surface area contributed by atoms with Crippen LogP contribution < -0.4 is 14.5 Å². The molecule has 0 spiro atoms. The molecule has 0 aliphatic heterocycles. The van der Waals surface area contributed by atoms with Gasteiger partial charge < -0.3 is 9.64 Å². The molecule has 0 saturated carbocycles. The highest BCUT2D eigenvalue weighted by atomic mass is 32.1. The van der Waals surface area contributed by atoms with Crippen LogP contribution in [-0.2, 0) is 6.54 Å². The van der Waals surface area contributed by atoms with Gasteiger partial charge in [0.15, 0.2) is 5.13 Å². The van der Waals surface area contributed by atoms with Gasteiger partial charge in [-0.3, -0.25) is 14.7 Å². The molecule has 4 aromatic rings. The SMILES string of the molecule is CCOc1ccc2nc(N(Cc3cccnc3)C(=O)c3ccc(N(CC)CC)cc3)sc2c1. The summed E-state index contributed by atoms with van der Waals surface area (Å²) >= 11 is 1.49. The summed E-state index contributed by atoms with van der Waals surface area (Å²) in [5.41, 5.74) is 3.53. The lowest BCUT2D eigenvalue weighted by Crippen LogP contribution is -2.30. The molecule has 4 rings (SSSR count). The van der Waals surface area contributed by atoms with Gasteiger partial charge in [0.05, 0.1) is 23.4 Å².